The van der Waals surface area contributed by atoms with Gasteiger partial charge >= 0.3 is 5.97 Å². The molecule has 106 valence electrons. The Hall–Kier alpha value is -1.81. The van der Waals surface area contributed by atoms with Gasteiger partial charge in [0.2, 0.25) is 5.76 Å². The van der Waals surface area contributed by atoms with Crippen LogP contribution in [0.5, 0.6) is 0 Å². The van der Waals surface area contributed by atoms with Gasteiger partial charge in [0.25, 0.3) is 0 Å². The van der Waals surface area contributed by atoms with E-state index in [-0.39, 0.29) is 5.76 Å². The molecular formula is C16H19NO3. The average molecular weight is 273 g/mol. The van der Waals surface area contributed by atoms with Crippen molar-refractivity contribution in [1.82, 2.24) is 4.90 Å². The SMILES string of the molecule is CC1CCCN(Cc2c(C(=O)O)oc3ccccc23)C1. The molecule has 1 atom stereocenters. The molecule has 0 amide bonds. The Morgan fingerprint density at radius 3 is 3.00 bits per heavy atom. The molecule has 0 aliphatic carbocycles. The average Bonchev–Trinajstić information content (AvgIpc) is 2.78. The maximum absolute atomic E-state index is 11.4. The maximum Gasteiger partial charge on any atom is 0.372 e. The number of furan rings is 1. The number of carboxylic acids is 1. The molecule has 0 spiro atoms. The minimum Gasteiger partial charge on any atom is -0.475 e. The van der Waals surface area contributed by atoms with Crippen molar-refractivity contribution in [3.05, 3.63) is 35.6 Å². The molecule has 1 aromatic heterocycles. The molecule has 4 nitrogen and oxygen atoms in total. The fraction of sp³-hybridized carbons (Fsp3) is 0.438. The largest absolute Gasteiger partial charge is 0.475 e. The Kier molecular flexibility index (Phi) is 3.49. The first-order valence-corrected chi connectivity index (χ1v) is 7.11. The Labute approximate surface area is 118 Å². The van der Waals surface area contributed by atoms with Crippen LogP contribution in [0.25, 0.3) is 11.0 Å². The van der Waals surface area contributed by atoms with E-state index in [1.54, 1.807) is 0 Å². The number of carboxylic acid groups (broad SMARTS) is 1. The van der Waals surface area contributed by atoms with Crippen LogP contribution < -0.4 is 0 Å². The van der Waals surface area contributed by atoms with Crippen LogP contribution in [0.1, 0.15) is 35.9 Å². The summed E-state index contributed by atoms with van der Waals surface area (Å²) < 4.78 is 5.50. The second kappa shape index (κ2) is 5.29. The topological polar surface area (TPSA) is 53.7 Å². The number of carbonyl (C=O) groups is 1. The highest BCUT2D eigenvalue weighted by molar-refractivity contribution is 5.95. The van der Waals surface area contributed by atoms with Crippen molar-refractivity contribution in [2.75, 3.05) is 13.1 Å². The number of nitrogens with zero attached hydrogens (tertiary/aromatic N) is 1. The lowest BCUT2D eigenvalue weighted by atomic mass is 9.99. The van der Waals surface area contributed by atoms with Crippen LogP contribution in [-0.2, 0) is 6.54 Å². The summed E-state index contributed by atoms with van der Waals surface area (Å²) >= 11 is 0. The zero-order valence-corrected chi connectivity index (χ0v) is 11.6. The molecule has 1 N–H and O–H groups in total. The smallest absolute Gasteiger partial charge is 0.372 e. The highest BCUT2D eigenvalue weighted by Crippen LogP contribution is 2.28. The van der Waals surface area contributed by atoms with Crippen LogP contribution in [0.4, 0.5) is 0 Å². The number of rotatable bonds is 3. The summed E-state index contributed by atoms with van der Waals surface area (Å²) in [4.78, 5) is 13.7. The summed E-state index contributed by atoms with van der Waals surface area (Å²) in [7, 11) is 0. The summed E-state index contributed by atoms with van der Waals surface area (Å²) in [6, 6.07) is 7.55. The molecule has 0 radical (unpaired) electrons. The number of hydrogen-bond acceptors (Lipinski definition) is 3. The van der Waals surface area contributed by atoms with Crippen LogP contribution in [0.3, 0.4) is 0 Å². The van der Waals surface area contributed by atoms with E-state index in [1.807, 2.05) is 24.3 Å². The van der Waals surface area contributed by atoms with E-state index in [0.29, 0.717) is 18.0 Å². The minimum atomic E-state index is -0.985. The van der Waals surface area contributed by atoms with E-state index < -0.39 is 5.97 Å². The molecule has 1 aliphatic heterocycles. The van der Waals surface area contributed by atoms with Gasteiger partial charge in [-0.25, -0.2) is 4.79 Å². The Bertz CT molecular complexity index is 632. The van der Waals surface area contributed by atoms with E-state index >= 15 is 0 Å². The fourth-order valence-corrected chi connectivity index (χ4v) is 3.08. The first-order chi connectivity index (χ1) is 9.65. The first kappa shape index (κ1) is 13.2. The number of fused-ring (bicyclic) bond motifs is 1. The van der Waals surface area contributed by atoms with Gasteiger partial charge in [-0.2, -0.15) is 0 Å². The van der Waals surface area contributed by atoms with Gasteiger partial charge in [-0.1, -0.05) is 25.1 Å². The first-order valence-electron chi connectivity index (χ1n) is 7.11. The van der Waals surface area contributed by atoms with E-state index in [1.165, 1.54) is 12.8 Å². The summed E-state index contributed by atoms with van der Waals surface area (Å²) in [5.74, 6) is -0.221. The molecule has 1 unspecified atom stereocenters. The summed E-state index contributed by atoms with van der Waals surface area (Å²) in [6.45, 7) is 4.96. The van der Waals surface area contributed by atoms with Crippen molar-refractivity contribution in [1.29, 1.82) is 0 Å². The molecule has 2 aromatic rings. The zero-order chi connectivity index (χ0) is 14.1. The fourth-order valence-electron chi connectivity index (χ4n) is 3.08. The van der Waals surface area contributed by atoms with Crippen LogP contribution in [-0.4, -0.2) is 29.1 Å². The second-order valence-electron chi connectivity index (χ2n) is 5.69. The number of likely N-dealkylation sites (tertiary alicyclic amines) is 1. The molecule has 20 heavy (non-hydrogen) atoms. The van der Waals surface area contributed by atoms with Crippen molar-refractivity contribution in [2.24, 2.45) is 5.92 Å². The lowest BCUT2D eigenvalue weighted by Crippen LogP contribution is -2.34. The van der Waals surface area contributed by atoms with E-state index in [4.69, 9.17) is 4.42 Å². The summed E-state index contributed by atoms with van der Waals surface area (Å²) in [6.07, 6.45) is 2.44. The van der Waals surface area contributed by atoms with Gasteiger partial charge < -0.3 is 9.52 Å². The highest BCUT2D eigenvalue weighted by atomic mass is 16.4. The number of para-hydroxylation sites is 1. The number of aromatic carboxylic acids is 1. The molecular weight excluding hydrogens is 254 g/mol. The van der Waals surface area contributed by atoms with Gasteiger partial charge in [-0.3, -0.25) is 4.90 Å². The predicted octanol–water partition coefficient (Wildman–Crippen LogP) is 3.36. The normalized spacial score (nSPS) is 20.4. The van der Waals surface area contributed by atoms with Gasteiger partial charge in [0, 0.05) is 24.0 Å². The lowest BCUT2D eigenvalue weighted by molar-refractivity contribution is 0.0660. The van der Waals surface area contributed by atoms with E-state index in [0.717, 1.165) is 24.0 Å². The number of piperidine rings is 1. The third kappa shape index (κ3) is 2.43. The van der Waals surface area contributed by atoms with Gasteiger partial charge in [-0.15, -0.1) is 0 Å². The molecule has 0 saturated carbocycles. The molecule has 3 rings (SSSR count). The van der Waals surface area contributed by atoms with Crippen LogP contribution in [0.15, 0.2) is 28.7 Å². The molecule has 1 fully saturated rings. The van der Waals surface area contributed by atoms with Crippen LogP contribution in [0.2, 0.25) is 0 Å². The summed E-state index contributed by atoms with van der Waals surface area (Å²) in [5, 5.41) is 10.3. The van der Waals surface area contributed by atoms with E-state index in [2.05, 4.69) is 11.8 Å². The van der Waals surface area contributed by atoms with E-state index in [9.17, 15) is 9.90 Å². The zero-order valence-electron chi connectivity index (χ0n) is 11.6. The van der Waals surface area contributed by atoms with Gasteiger partial charge in [-0.05, 0) is 31.4 Å². The van der Waals surface area contributed by atoms with Gasteiger partial charge in [0.1, 0.15) is 5.58 Å². The summed E-state index contributed by atoms with van der Waals surface area (Å²) in [5.41, 5.74) is 1.46. The number of benzene rings is 1. The predicted molar refractivity (Wildman–Crippen MR) is 76.8 cm³/mol. The quantitative estimate of drug-likeness (QED) is 0.931. The molecule has 1 saturated heterocycles. The number of hydrogen-bond donors (Lipinski definition) is 1. The monoisotopic (exact) mass is 273 g/mol. The molecule has 1 aromatic carbocycles. The minimum absolute atomic E-state index is 0.0874. The van der Waals surface area contributed by atoms with Crippen molar-refractivity contribution < 1.29 is 14.3 Å². The molecule has 2 heterocycles. The third-order valence-corrected chi connectivity index (χ3v) is 4.02. The standard InChI is InChI=1S/C16H19NO3/c1-11-5-4-8-17(9-11)10-13-12-6-2-3-7-14(12)20-15(13)16(18)19/h2-3,6-7,11H,4-5,8-10H2,1H3,(H,18,19). The van der Waals surface area contributed by atoms with Crippen molar-refractivity contribution in [2.45, 2.75) is 26.3 Å². The lowest BCUT2D eigenvalue weighted by Gasteiger charge is -2.30. The highest BCUT2D eigenvalue weighted by Gasteiger charge is 2.23. The molecule has 0 bridgehead atoms. The molecule has 4 heteroatoms. The van der Waals surface area contributed by atoms with Crippen molar-refractivity contribution in [3.63, 3.8) is 0 Å². The van der Waals surface area contributed by atoms with Crippen molar-refractivity contribution >= 4 is 16.9 Å². The van der Waals surface area contributed by atoms with Crippen LogP contribution >= 0.6 is 0 Å². The van der Waals surface area contributed by atoms with Gasteiger partial charge in [0.15, 0.2) is 0 Å². The van der Waals surface area contributed by atoms with Crippen molar-refractivity contribution in [3.8, 4) is 0 Å². The Morgan fingerprint density at radius 1 is 1.45 bits per heavy atom. The third-order valence-electron chi connectivity index (χ3n) is 4.02. The Morgan fingerprint density at radius 2 is 2.25 bits per heavy atom. The van der Waals surface area contributed by atoms with Crippen LogP contribution in [0, 0.1) is 5.92 Å². The second-order valence-corrected chi connectivity index (χ2v) is 5.69. The Balaban J connectivity index is 1.96. The maximum atomic E-state index is 11.4. The van der Waals surface area contributed by atoms with Gasteiger partial charge in [0.05, 0.1) is 0 Å². The molecule has 1 aliphatic rings.